The Kier molecular flexibility index (Phi) is 7.26. The van der Waals surface area contributed by atoms with Gasteiger partial charge in [-0.3, -0.25) is 9.59 Å². The van der Waals surface area contributed by atoms with E-state index in [9.17, 15) is 18.8 Å². The summed E-state index contributed by atoms with van der Waals surface area (Å²) in [4.78, 5) is 36.6. The van der Waals surface area contributed by atoms with E-state index >= 15 is 0 Å². The van der Waals surface area contributed by atoms with Crippen LogP contribution in [-0.2, 0) is 14.3 Å². The Hall–Kier alpha value is -3.22. The number of anilines is 1. The van der Waals surface area contributed by atoms with Gasteiger partial charge in [-0.15, -0.1) is 0 Å². The van der Waals surface area contributed by atoms with E-state index in [-0.39, 0.29) is 11.6 Å². The molecule has 0 aliphatic heterocycles. The van der Waals surface area contributed by atoms with Gasteiger partial charge in [-0.2, -0.15) is 0 Å². The lowest BCUT2D eigenvalue weighted by Crippen LogP contribution is -2.45. The first-order chi connectivity index (χ1) is 13.3. The maximum absolute atomic E-state index is 13.5. The lowest BCUT2D eigenvalue weighted by atomic mass is 10.0. The standard InChI is InChI=1S/C21H23FN2O4/c1-13(2)19(24-20(26)15-7-5-4-6-8-15)21(27)28-12-18(25)23-16-10-9-14(3)17(22)11-16/h4-11,13,19H,12H2,1-3H3,(H,23,25)(H,24,26)/t19-/m0/s1. The number of rotatable bonds is 7. The maximum atomic E-state index is 13.5. The van der Waals surface area contributed by atoms with Crippen molar-refractivity contribution in [2.45, 2.75) is 26.8 Å². The van der Waals surface area contributed by atoms with Crippen LogP contribution in [0.2, 0.25) is 0 Å². The number of amides is 2. The van der Waals surface area contributed by atoms with Crippen molar-refractivity contribution < 1.29 is 23.5 Å². The van der Waals surface area contributed by atoms with Crippen LogP contribution in [0.25, 0.3) is 0 Å². The molecule has 28 heavy (non-hydrogen) atoms. The van der Waals surface area contributed by atoms with E-state index in [1.165, 1.54) is 12.1 Å². The maximum Gasteiger partial charge on any atom is 0.329 e. The Morgan fingerprint density at radius 3 is 2.36 bits per heavy atom. The molecular formula is C21H23FN2O4. The molecule has 0 aromatic heterocycles. The van der Waals surface area contributed by atoms with Crippen molar-refractivity contribution in [3.8, 4) is 0 Å². The Morgan fingerprint density at radius 1 is 1.07 bits per heavy atom. The fourth-order valence-corrected chi connectivity index (χ4v) is 2.41. The summed E-state index contributed by atoms with van der Waals surface area (Å²) in [5, 5.41) is 5.08. The molecule has 0 fully saturated rings. The molecule has 0 saturated heterocycles. The molecule has 0 saturated carbocycles. The van der Waals surface area contributed by atoms with Crippen LogP contribution in [-0.4, -0.2) is 30.4 Å². The van der Waals surface area contributed by atoms with E-state index in [4.69, 9.17) is 4.74 Å². The molecule has 0 heterocycles. The predicted molar refractivity (Wildman–Crippen MR) is 103 cm³/mol. The van der Waals surface area contributed by atoms with Crippen LogP contribution in [0.5, 0.6) is 0 Å². The van der Waals surface area contributed by atoms with Crippen LogP contribution in [0, 0.1) is 18.7 Å². The first-order valence-electron chi connectivity index (χ1n) is 8.86. The minimum absolute atomic E-state index is 0.241. The number of aryl methyl sites for hydroxylation is 1. The lowest BCUT2D eigenvalue weighted by molar-refractivity contribution is -0.150. The highest BCUT2D eigenvalue weighted by molar-refractivity contribution is 5.97. The first-order valence-corrected chi connectivity index (χ1v) is 8.86. The Morgan fingerprint density at radius 2 is 1.75 bits per heavy atom. The minimum atomic E-state index is -0.905. The molecule has 0 spiro atoms. The normalized spacial score (nSPS) is 11.6. The molecule has 148 valence electrons. The molecule has 2 N–H and O–H groups in total. The van der Waals surface area contributed by atoms with Gasteiger partial charge in [-0.25, -0.2) is 9.18 Å². The summed E-state index contributed by atoms with van der Waals surface area (Å²) in [5.74, 6) is -2.42. The fourth-order valence-electron chi connectivity index (χ4n) is 2.41. The van der Waals surface area contributed by atoms with Gasteiger partial charge < -0.3 is 15.4 Å². The van der Waals surface area contributed by atoms with E-state index in [2.05, 4.69) is 10.6 Å². The second-order valence-corrected chi connectivity index (χ2v) is 6.68. The third-order valence-electron chi connectivity index (χ3n) is 4.04. The van der Waals surface area contributed by atoms with Crippen molar-refractivity contribution in [3.63, 3.8) is 0 Å². The summed E-state index contributed by atoms with van der Waals surface area (Å²) in [7, 11) is 0. The number of halogens is 1. The van der Waals surface area contributed by atoms with Crippen molar-refractivity contribution in [3.05, 3.63) is 65.5 Å². The van der Waals surface area contributed by atoms with E-state index in [0.717, 1.165) is 0 Å². The van der Waals surface area contributed by atoms with Crippen molar-refractivity contribution >= 4 is 23.5 Å². The number of hydrogen-bond donors (Lipinski definition) is 2. The van der Waals surface area contributed by atoms with Crippen LogP contribution >= 0.6 is 0 Å². The van der Waals surface area contributed by atoms with Gasteiger partial charge in [0.2, 0.25) is 0 Å². The third kappa shape index (κ3) is 5.90. The Balaban J connectivity index is 1.91. The number of carbonyl (C=O) groups excluding carboxylic acids is 3. The van der Waals surface area contributed by atoms with Gasteiger partial charge in [0.25, 0.3) is 11.8 Å². The van der Waals surface area contributed by atoms with Gasteiger partial charge >= 0.3 is 5.97 Å². The Labute approximate surface area is 163 Å². The van der Waals surface area contributed by atoms with Crippen molar-refractivity contribution in [1.82, 2.24) is 5.32 Å². The topological polar surface area (TPSA) is 84.5 Å². The van der Waals surface area contributed by atoms with Gasteiger partial charge in [-0.05, 0) is 42.7 Å². The highest BCUT2D eigenvalue weighted by Crippen LogP contribution is 2.13. The summed E-state index contributed by atoms with van der Waals surface area (Å²) in [6.07, 6.45) is 0. The second-order valence-electron chi connectivity index (χ2n) is 6.68. The van der Waals surface area contributed by atoms with Gasteiger partial charge in [0.1, 0.15) is 11.9 Å². The van der Waals surface area contributed by atoms with Gasteiger partial charge in [0.05, 0.1) is 0 Å². The van der Waals surface area contributed by atoms with Gasteiger partial charge in [-0.1, -0.05) is 38.1 Å². The van der Waals surface area contributed by atoms with Gasteiger partial charge in [0, 0.05) is 11.3 Å². The molecule has 2 aromatic carbocycles. The smallest absolute Gasteiger partial charge is 0.329 e. The van der Waals surface area contributed by atoms with Crippen LogP contribution < -0.4 is 10.6 Å². The number of nitrogens with one attached hydrogen (secondary N) is 2. The SMILES string of the molecule is Cc1ccc(NC(=O)COC(=O)[C@@H](NC(=O)c2ccccc2)C(C)C)cc1F. The van der Waals surface area contributed by atoms with Crippen molar-refractivity contribution in [1.29, 1.82) is 0 Å². The zero-order valence-electron chi connectivity index (χ0n) is 16.0. The summed E-state index contributed by atoms with van der Waals surface area (Å²) in [6, 6.07) is 11.8. The number of esters is 1. The predicted octanol–water partition coefficient (Wildman–Crippen LogP) is 3.07. The van der Waals surface area contributed by atoms with Crippen LogP contribution in [0.3, 0.4) is 0 Å². The Bertz CT molecular complexity index is 853. The van der Waals surface area contributed by atoms with Gasteiger partial charge in [0.15, 0.2) is 6.61 Å². The van der Waals surface area contributed by atoms with Crippen LogP contribution in [0.1, 0.15) is 29.8 Å². The molecule has 2 rings (SSSR count). The van der Waals surface area contributed by atoms with E-state index in [1.54, 1.807) is 57.2 Å². The van der Waals surface area contributed by atoms with Crippen molar-refractivity contribution in [2.24, 2.45) is 5.92 Å². The number of ether oxygens (including phenoxy) is 1. The number of benzene rings is 2. The van der Waals surface area contributed by atoms with E-state index in [0.29, 0.717) is 11.1 Å². The quantitative estimate of drug-likeness (QED) is 0.717. The minimum Gasteiger partial charge on any atom is -0.454 e. The molecule has 0 aliphatic carbocycles. The molecule has 6 nitrogen and oxygen atoms in total. The largest absolute Gasteiger partial charge is 0.454 e. The summed E-state index contributed by atoms with van der Waals surface area (Å²) >= 11 is 0. The highest BCUT2D eigenvalue weighted by Gasteiger charge is 2.26. The molecule has 2 amide bonds. The van der Waals surface area contributed by atoms with E-state index < -0.39 is 36.2 Å². The molecule has 0 unspecified atom stereocenters. The second kappa shape index (κ2) is 9.64. The number of carbonyl (C=O) groups is 3. The molecule has 0 aliphatic rings. The molecule has 1 atom stereocenters. The summed E-state index contributed by atoms with van der Waals surface area (Å²) in [6.45, 7) is 4.58. The fraction of sp³-hybridized carbons (Fsp3) is 0.286. The average Bonchev–Trinajstić information content (AvgIpc) is 2.67. The molecule has 2 aromatic rings. The average molecular weight is 386 g/mol. The molecule has 0 radical (unpaired) electrons. The monoisotopic (exact) mass is 386 g/mol. The molecule has 7 heteroatoms. The van der Waals surface area contributed by atoms with Crippen molar-refractivity contribution in [2.75, 3.05) is 11.9 Å². The highest BCUT2D eigenvalue weighted by atomic mass is 19.1. The number of hydrogen-bond acceptors (Lipinski definition) is 4. The van der Waals surface area contributed by atoms with Crippen LogP contribution in [0.15, 0.2) is 48.5 Å². The first kappa shape index (κ1) is 21.1. The third-order valence-corrected chi connectivity index (χ3v) is 4.04. The summed E-state index contributed by atoms with van der Waals surface area (Å²) < 4.78 is 18.6. The zero-order valence-corrected chi connectivity index (χ0v) is 16.0. The zero-order chi connectivity index (χ0) is 20.7. The molecular weight excluding hydrogens is 363 g/mol. The summed E-state index contributed by atoms with van der Waals surface area (Å²) in [5.41, 5.74) is 1.14. The van der Waals surface area contributed by atoms with E-state index in [1.807, 2.05) is 0 Å². The molecule has 0 bridgehead atoms. The lowest BCUT2D eigenvalue weighted by Gasteiger charge is -2.20. The van der Waals surface area contributed by atoms with Crippen LogP contribution in [0.4, 0.5) is 10.1 Å².